The predicted octanol–water partition coefficient (Wildman–Crippen LogP) is 4.58. The minimum absolute atomic E-state index is 0.0110. The van der Waals surface area contributed by atoms with Gasteiger partial charge in [-0.1, -0.05) is 60.7 Å². The van der Waals surface area contributed by atoms with Crippen molar-refractivity contribution >= 4 is 11.6 Å². The third kappa shape index (κ3) is 5.36. The summed E-state index contributed by atoms with van der Waals surface area (Å²) in [6.07, 6.45) is 0. The van der Waals surface area contributed by atoms with Crippen molar-refractivity contribution in [3.05, 3.63) is 96.1 Å². The molecule has 3 aromatic carbocycles. The van der Waals surface area contributed by atoms with Crippen molar-refractivity contribution in [2.75, 3.05) is 18.6 Å². The van der Waals surface area contributed by atoms with Crippen molar-refractivity contribution in [3.8, 4) is 5.75 Å². The fourth-order valence-electron chi connectivity index (χ4n) is 3.12. The van der Waals surface area contributed by atoms with Crippen LogP contribution < -0.4 is 15.0 Å². The van der Waals surface area contributed by atoms with Crippen molar-refractivity contribution in [2.24, 2.45) is 0 Å². The first kappa shape index (κ1) is 19.5. The van der Waals surface area contributed by atoms with Gasteiger partial charge in [0.2, 0.25) is 5.91 Å². The first-order chi connectivity index (χ1) is 13.7. The normalized spacial score (nSPS) is 11.5. The van der Waals surface area contributed by atoms with Gasteiger partial charge in [0, 0.05) is 12.2 Å². The predicted molar refractivity (Wildman–Crippen MR) is 113 cm³/mol. The molecule has 0 aromatic heterocycles. The fraction of sp³-hybridized carbons (Fsp3) is 0.208. The van der Waals surface area contributed by atoms with E-state index in [9.17, 15) is 4.79 Å². The molecule has 1 amide bonds. The van der Waals surface area contributed by atoms with Crippen LogP contribution in [0.15, 0.2) is 84.9 Å². The molecule has 0 spiro atoms. The Morgan fingerprint density at radius 2 is 1.54 bits per heavy atom. The van der Waals surface area contributed by atoms with Crippen molar-refractivity contribution < 1.29 is 9.53 Å². The number of nitrogens with zero attached hydrogens (tertiary/aromatic N) is 1. The zero-order chi connectivity index (χ0) is 19.8. The summed E-state index contributed by atoms with van der Waals surface area (Å²) in [5.41, 5.74) is 3.23. The molecule has 1 atom stereocenters. The molecule has 4 nitrogen and oxygen atoms in total. The summed E-state index contributed by atoms with van der Waals surface area (Å²) in [5.74, 6) is 0.786. The Morgan fingerprint density at radius 1 is 0.929 bits per heavy atom. The van der Waals surface area contributed by atoms with Crippen LogP contribution in [0.5, 0.6) is 5.75 Å². The summed E-state index contributed by atoms with van der Waals surface area (Å²) in [5, 5.41) is 3.10. The average molecular weight is 374 g/mol. The highest BCUT2D eigenvalue weighted by Gasteiger charge is 2.15. The van der Waals surface area contributed by atoms with E-state index in [1.807, 2.05) is 79.7 Å². The SMILES string of the molecule is COc1ccc(N(CC(=O)NC(C)c2ccccc2)Cc2ccccc2)cc1. The van der Waals surface area contributed by atoms with E-state index in [-0.39, 0.29) is 18.5 Å². The fourth-order valence-corrected chi connectivity index (χ4v) is 3.12. The number of amides is 1. The van der Waals surface area contributed by atoms with Crippen LogP contribution in [0, 0.1) is 0 Å². The number of benzene rings is 3. The summed E-state index contributed by atoms with van der Waals surface area (Å²) in [6, 6.07) is 27.9. The molecule has 28 heavy (non-hydrogen) atoms. The molecular formula is C24H26N2O2. The third-order valence-electron chi connectivity index (χ3n) is 4.67. The molecular weight excluding hydrogens is 348 g/mol. The first-order valence-electron chi connectivity index (χ1n) is 9.43. The van der Waals surface area contributed by atoms with Crippen LogP contribution in [0.4, 0.5) is 5.69 Å². The molecule has 0 radical (unpaired) electrons. The maximum atomic E-state index is 12.7. The maximum Gasteiger partial charge on any atom is 0.240 e. The Kier molecular flexibility index (Phi) is 6.68. The summed E-state index contributed by atoms with van der Waals surface area (Å²) in [6.45, 7) is 2.93. The molecule has 1 N–H and O–H groups in total. The molecule has 3 aromatic rings. The monoisotopic (exact) mass is 374 g/mol. The van der Waals surface area contributed by atoms with Gasteiger partial charge >= 0.3 is 0 Å². The lowest BCUT2D eigenvalue weighted by atomic mass is 10.1. The van der Waals surface area contributed by atoms with E-state index in [0.29, 0.717) is 6.54 Å². The number of ether oxygens (including phenoxy) is 1. The first-order valence-corrected chi connectivity index (χ1v) is 9.43. The topological polar surface area (TPSA) is 41.6 Å². The number of anilines is 1. The second-order valence-electron chi connectivity index (χ2n) is 6.74. The standard InChI is InChI=1S/C24H26N2O2/c1-19(21-11-7-4-8-12-21)25-24(27)18-26(17-20-9-5-3-6-10-20)22-13-15-23(28-2)16-14-22/h3-16,19H,17-18H2,1-2H3,(H,25,27). The van der Waals surface area contributed by atoms with Gasteiger partial charge in [-0.25, -0.2) is 0 Å². The van der Waals surface area contributed by atoms with Gasteiger partial charge in [0.1, 0.15) is 5.75 Å². The highest BCUT2D eigenvalue weighted by molar-refractivity contribution is 5.81. The molecule has 0 aliphatic carbocycles. The Balaban J connectivity index is 1.73. The summed E-state index contributed by atoms with van der Waals surface area (Å²) in [7, 11) is 1.65. The maximum absolute atomic E-state index is 12.7. The van der Waals surface area contributed by atoms with Crippen LogP contribution in [0.3, 0.4) is 0 Å². The molecule has 0 aliphatic rings. The number of methoxy groups -OCH3 is 1. The van der Waals surface area contributed by atoms with Gasteiger partial charge in [0.15, 0.2) is 0 Å². The van der Waals surface area contributed by atoms with Gasteiger partial charge in [0.25, 0.3) is 0 Å². The van der Waals surface area contributed by atoms with Crippen molar-refractivity contribution in [2.45, 2.75) is 19.5 Å². The van der Waals surface area contributed by atoms with E-state index in [0.717, 1.165) is 22.6 Å². The average Bonchev–Trinajstić information content (AvgIpc) is 2.74. The van der Waals surface area contributed by atoms with Crippen LogP contribution in [-0.2, 0) is 11.3 Å². The van der Waals surface area contributed by atoms with Crippen LogP contribution in [-0.4, -0.2) is 19.6 Å². The van der Waals surface area contributed by atoms with Crippen molar-refractivity contribution in [3.63, 3.8) is 0 Å². The van der Waals surface area contributed by atoms with Crippen LogP contribution in [0.1, 0.15) is 24.1 Å². The quantitative estimate of drug-likeness (QED) is 0.627. The second kappa shape index (κ2) is 9.60. The highest BCUT2D eigenvalue weighted by Crippen LogP contribution is 2.21. The van der Waals surface area contributed by atoms with Crippen LogP contribution >= 0.6 is 0 Å². The number of carbonyl (C=O) groups excluding carboxylic acids is 1. The largest absolute Gasteiger partial charge is 0.497 e. The molecule has 0 bridgehead atoms. The minimum atomic E-state index is -0.0388. The number of hydrogen-bond donors (Lipinski definition) is 1. The van der Waals surface area contributed by atoms with E-state index in [2.05, 4.69) is 22.3 Å². The van der Waals surface area contributed by atoms with Crippen molar-refractivity contribution in [1.29, 1.82) is 0 Å². The van der Waals surface area contributed by atoms with Gasteiger partial charge in [-0.3, -0.25) is 4.79 Å². The number of hydrogen-bond acceptors (Lipinski definition) is 3. The summed E-state index contributed by atoms with van der Waals surface area (Å²) < 4.78 is 5.25. The third-order valence-corrected chi connectivity index (χ3v) is 4.67. The molecule has 3 rings (SSSR count). The zero-order valence-corrected chi connectivity index (χ0v) is 16.3. The van der Waals surface area contributed by atoms with E-state index in [1.165, 1.54) is 0 Å². The van der Waals surface area contributed by atoms with Crippen LogP contribution in [0.25, 0.3) is 0 Å². The van der Waals surface area contributed by atoms with E-state index in [4.69, 9.17) is 4.74 Å². The number of rotatable bonds is 8. The second-order valence-corrected chi connectivity index (χ2v) is 6.74. The molecule has 0 saturated heterocycles. The van der Waals surface area contributed by atoms with Crippen molar-refractivity contribution in [1.82, 2.24) is 5.32 Å². The van der Waals surface area contributed by atoms with Gasteiger partial charge in [0.05, 0.1) is 19.7 Å². The van der Waals surface area contributed by atoms with Gasteiger partial charge in [-0.2, -0.15) is 0 Å². The molecule has 0 fully saturated rings. The molecule has 0 aliphatic heterocycles. The highest BCUT2D eigenvalue weighted by atomic mass is 16.5. The lowest BCUT2D eigenvalue weighted by molar-refractivity contribution is -0.120. The molecule has 1 unspecified atom stereocenters. The van der Waals surface area contributed by atoms with E-state index < -0.39 is 0 Å². The van der Waals surface area contributed by atoms with Gasteiger partial charge < -0.3 is 15.0 Å². The Labute approximate surface area is 166 Å². The molecule has 0 saturated carbocycles. The summed E-state index contributed by atoms with van der Waals surface area (Å²) in [4.78, 5) is 14.8. The van der Waals surface area contributed by atoms with Crippen LogP contribution in [0.2, 0.25) is 0 Å². The molecule has 0 heterocycles. The summed E-state index contributed by atoms with van der Waals surface area (Å²) >= 11 is 0. The Bertz CT molecular complexity index is 864. The van der Waals surface area contributed by atoms with Gasteiger partial charge in [-0.15, -0.1) is 0 Å². The smallest absolute Gasteiger partial charge is 0.240 e. The molecule has 4 heteroatoms. The number of carbonyl (C=O) groups is 1. The van der Waals surface area contributed by atoms with E-state index >= 15 is 0 Å². The Hall–Kier alpha value is -3.27. The van der Waals surface area contributed by atoms with E-state index in [1.54, 1.807) is 7.11 Å². The lowest BCUT2D eigenvalue weighted by Gasteiger charge is -2.26. The number of nitrogens with one attached hydrogen (secondary N) is 1. The zero-order valence-electron chi connectivity index (χ0n) is 16.3. The molecule has 144 valence electrons. The lowest BCUT2D eigenvalue weighted by Crippen LogP contribution is -2.38. The Morgan fingerprint density at radius 3 is 2.14 bits per heavy atom. The van der Waals surface area contributed by atoms with Gasteiger partial charge in [-0.05, 0) is 42.3 Å². The minimum Gasteiger partial charge on any atom is -0.497 e.